The molecule has 4 N–H and O–H groups in total. The predicted molar refractivity (Wildman–Crippen MR) is 93.4 cm³/mol. The summed E-state index contributed by atoms with van der Waals surface area (Å²) in [6.45, 7) is 3.96. The van der Waals surface area contributed by atoms with Crippen LogP contribution < -0.4 is 16.1 Å². The van der Waals surface area contributed by atoms with Crippen molar-refractivity contribution < 1.29 is 9.78 Å². The molecule has 0 aliphatic carbocycles. The first kappa shape index (κ1) is 17.5. The number of carbonyl (C=O) groups is 1. The summed E-state index contributed by atoms with van der Waals surface area (Å²) in [5.74, 6) is -0.582. The third-order valence-corrected chi connectivity index (χ3v) is 4.31. The van der Waals surface area contributed by atoms with Gasteiger partial charge in [-0.1, -0.05) is 47.0 Å². The lowest BCUT2D eigenvalue weighted by atomic mass is 10.1. The molecule has 0 aliphatic rings. The number of pyridine rings is 1. The summed E-state index contributed by atoms with van der Waals surface area (Å²) in [5, 5.41) is 3.98. The van der Waals surface area contributed by atoms with Gasteiger partial charge in [0.25, 0.3) is 10.8 Å². The van der Waals surface area contributed by atoms with Gasteiger partial charge in [0, 0.05) is 0 Å². The molecule has 0 spiro atoms. The lowest BCUT2D eigenvalue weighted by Gasteiger charge is -2.03. The number of hydrogen-bond acceptors (Lipinski definition) is 3. The number of nitrogen functional groups attached to an aromatic ring is 1. The van der Waals surface area contributed by atoms with E-state index in [0.717, 1.165) is 16.7 Å². The SMILES string of the molecule is Cc1ccc(/C=N\NC(=O)c2[nH+]c(Cl)c(Cl)c(N)c2Cl)c(C)c1. The Morgan fingerprint density at radius 3 is 2.61 bits per heavy atom. The van der Waals surface area contributed by atoms with Crippen LogP contribution >= 0.6 is 34.8 Å². The molecule has 0 saturated carbocycles. The van der Waals surface area contributed by atoms with E-state index in [2.05, 4.69) is 15.5 Å². The van der Waals surface area contributed by atoms with E-state index in [1.165, 1.54) is 0 Å². The highest BCUT2D eigenvalue weighted by Gasteiger charge is 2.25. The average molecular weight is 373 g/mol. The molecule has 0 unspecified atom stereocenters. The molecule has 1 heterocycles. The van der Waals surface area contributed by atoms with E-state index in [-0.39, 0.29) is 26.6 Å². The second kappa shape index (κ2) is 7.17. The Balaban J connectivity index is 2.18. The van der Waals surface area contributed by atoms with Crippen molar-refractivity contribution in [2.45, 2.75) is 13.8 Å². The number of halogens is 3. The summed E-state index contributed by atoms with van der Waals surface area (Å²) in [6.07, 6.45) is 1.54. The number of rotatable bonds is 3. The van der Waals surface area contributed by atoms with E-state index in [1.54, 1.807) is 6.21 Å². The monoisotopic (exact) mass is 371 g/mol. The molecule has 2 rings (SSSR count). The second-order valence-electron chi connectivity index (χ2n) is 4.91. The maximum atomic E-state index is 12.1. The minimum absolute atomic E-state index is 0.0152. The molecular formula is C15H14Cl3N4O+. The molecule has 5 nitrogen and oxygen atoms in total. The van der Waals surface area contributed by atoms with E-state index in [9.17, 15) is 4.79 Å². The molecule has 0 bridgehead atoms. The van der Waals surface area contributed by atoms with Gasteiger partial charge in [0.2, 0.25) is 0 Å². The lowest BCUT2D eigenvalue weighted by Crippen LogP contribution is -2.28. The molecular weight excluding hydrogens is 359 g/mol. The van der Waals surface area contributed by atoms with Crippen molar-refractivity contribution in [2.75, 3.05) is 5.73 Å². The van der Waals surface area contributed by atoms with Crippen LogP contribution in [0.25, 0.3) is 0 Å². The lowest BCUT2D eigenvalue weighted by molar-refractivity contribution is -0.379. The van der Waals surface area contributed by atoms with Gasteiger partial charge in [-0.15, -0.1) is 0 Å². The third-order valence-electron chi connectivity index (χ3n) is 3.14. The van der Waals surface area contributed by atoms with Gasteiger partial charge < -0.3 is 5.73 Å². The quantitative estimate of drug-likeness (QED) is 0.491. The van der Waals surface area contributed by atoms with Crippen LogP contribution in [0.5, 0.6) is 0 Å². The number of aromatic nitrogens is 1. The Bertz CT molecular complexity index is 806. The number of anilines is 1. The highest BCUT2D eigenvalue weighted by molar-refractivity contribution is 6.45. The van der Waals surface area contributed by atoms with Crippen LogP contribution in [-0.4, -0.2) is 12.1 Å². The number of aromatic amines is 1. The third kappa shape index (κ3) is 3.93. The fourth-order valence-electron chi connectivity index (χ4n) is 1.91. The van der Waals surface area contributed by atoms with Gasteiger partial charge >= 0.3 is 5.91 Å². The first-order chi connectivity index (χ1) is 10.8. The molecule has 2 aromatic rings. The highest BCUT2D eigenvalue weighted by Crippen LogP contribution is 2.31. The normalized spacial score (nSPS) is 11.0. The molecule has 0 atom stereocenters. The number of H-pyrrole nitrogens is 1. The van der Waals surface area contributed by atoms with Crippen LogP contribution in [0.2, 0.25) is 15.2 Å². The number of amides is 1. The van der Waals surface area contributed by atoms with Crippen LogP contribution in [0.15, 0.2) is 23.3 Å². The van der Waals surface area contributed by atoms with Gasteiger partial charge in [-0.25, -0.2) is 5.43 Å². The number of hydrazone groups is 1. The molecule has 1 aromatic carbocycles. The fraction of sp³-hybridized carbons (Fsp3) is 0.133. The average Bonchev–Trinajstić information content (AvgIpc) is 2.50. The Labute approximate surface area is 148 Å². The van der Waals surface area contributed by atoms with E-state index in [0.29, 0.717) is 0 Å². The van der Waals surface area contributed by atoms with Gasteiger partial charge in [-0.05, 0) is 36.6 Å². The number of nitrogens with one attached hydrogen (secondary N) is 2. The topological polar surface area (TPSA) is 81.6 Å². The molecule has 8 heteroatoms. The van der Waals surface area contributed by atoms with Crippen molar-refractivity contribution >= 4 is 52.6 Å². The Kier molecular flexibility index (Phi) is 5.46. The van der Waals surface area contributed by atoms with E-state index >= 15 is 0 Å². The maximum absolute atomic E-state index is 12.1. The zero-order valence-electron chi connectivity index (χ0n) is 12.4. The fourth-order valence-corrected chi connectivity index (χ4v) is 2.53. The van der Waals surface area contributed by atoms with E-state index in [4.69, 9.17) is 40.5 Å². The summed E-state index contributed by atoms with van der Waals surface area (Å²) >= 11 is 17.7. The van der Waals surface area contributed by atoms with Crippen molar-refractivity contribution in [1.82, 2.24) is 5.43 Å². The Hall–Kier alpha value is -1.82. The molecule has 23 heavy (non-hydrogen) atoms. The van der Waals surface area contributed by atoms with Crippen molar-refractivity contribution in [2.24, 2.45) is 5.10 Å². The maximum Gasteiger partial charge on any atom is 0.337 e. The Morgan fingerprint density at radius 1 is 1.26 bits per heavy atom. The van der Waals surface area contributed by atoms with Crippen LogP contribution in [0.4, 0.5) is 5.69 Å². The number of nitrogens with two attached hydrogens (primary N) is 1. The van der Waals surface area contributed by atoms with Gasteiger partial charge in [0.15, 0.2) is 0 Å². The molecule has 1 aromatic heterocycles. The van der Waals surface area contributed by atoms with Gasteiger partial charge in [-0.3, -0.25) is 4.79 Å². The number of aryl methyl sites for hydroxylation is 2. The van der Waals surface area contributed by atoms with Crippen molar-refractivity contribution in [3.8, 4) is 0 Å². The predicted octanol–water partition coefficient (Wildman–Crippen LogP) is 3.42. The molecule has 1 amide bonds. The largest absolute Gasteiger partial charge is 0.396 e. The summed E-state index contributed by atoms with van der Waals surface area (Å²) in [5.41, 5.74) is 11.1. The molecule has 0 aliphatic heterocycles. The molecule has 120 valence electrons. The van der Waals surface area contributed by atoms with Crippen LogP contribution in [-0.2, 0) is 0 Å². The zero-order valence-corrected chi connectivity index (χ0v) is 14.6. The molecule has 0 radical (unpaired) electrons. The standard InChI is InChI=1S/C15H13Cl3N4O/c1-7-3-4-9(8(2)5-7)6-20-22-15(23)13-10(16)12(19)11(17)14(18)21-13/h3-6H,1-2H3,(H2,19,21)(H,22,23)/p+1/b20-6-. The number of nitrogens with zero attached hydrogens (tertiary/aromatic N) is 1. The number of hydrogen-bond donors (Lipinski definition) is 2. The van der Waals surface area contributed by atoms with E-state index in [1.807, 2.05) is 32.0 Å². The zero-order chi connectivity index (χ0) is 17.1. The first-order valence-electron chi connectivity index (χ1n) is 6.57. The number of carbonyl (C=O) groups excluding carboxylic acids is 1. The summed E-state index contributed by atoms with van der Waals surface area (Å²) < 4.78 is 0. The smallest absolute Gasteiger partial charge is 0.337 e. The molecule has 0 fully saturated rings. The van der Waals surface area contributed by atoms with Crippen molar-refractivity contribution in [1.29, 1.82) is 0 Å². The van der Waals surface area contributed by atoms with Gasteiger partial charge in [0.05, 0.1) is 11.9 Å². The van der Waals surface area contributed by atoms with Crippen molar-refractivity contribution in [3.05, 3.63) is 55.8 Å². The van der Waals surface area contributed by atoms with Gasteiger partial charge in [-0.2, -0.15) is 10.1 Å². The van der Waals surface area contributed by atoms with E-state index < -0.39 is 5.91 Å². The Morgan fingerprint density at radius 2 is 1.96 bits per heavy atom. The van der Waals surface area contributed by atoms with Crippen LogP contribution in [0, 0.1) is 13.8 Å². The van der Waals surface area contributed by atoms with Crippen LogP contribution in [0.1, 0.15) is 27.2 Å². The summed E-state index contributed by atoms with van der Waals surface area (Å²) in [7, 11) is 0. The van der Waals surface area contributed by atoms with Crippen molar-refractivity contribution in [3.63, 3.8) is 0 Å². The second-order valence-corrected chi connectivity index (χ2v) is 6.05. The first-order valence-corrected chi connectivity index (χ1v) is 7.70. The van der Waals surface area contributed by atoms with Crippen LogP contribution in [0.3, 0.4) is 0 Å². The minimum atomic E-state index is -0.582. The minimum Gasteiger partial charge on any atom is -0.396 e. The summed E-state index contributed by atoms with van der Waals surface area (Å²) in [4.78, 5) is 14.7. The molecule has 0 saturated heterocycles. The summed E-state index contributed by atoms with van der Waals surface area (Å²) in [6, 6.07) is 5.89. The van der Waals surface area contributed by atoms with Gasteiger partial charge in [0.1, 0.15) is 10.0 Å². The highest BCUT2D eigenvalue weighted by atomic mass is 35.5. The number of benzene rings is 1.